The molecule has 0 aliphatic rings. The first-order valence-corrected chi connectivity index (χ1v) is 7.13. The normalized spacial score (nSPS) is 11.0. The van der Waals surface area contributed by atoms with Gasteiger partial charge in [0.1, 0.15) is 0 Å². The summed E-state index contributed by atoms with van der Waals surface area (Å²) >= 11 is 0. The molecule has 5 heteroatoms. The highest BCUT2D eigenvalue weighted by Gasteiger charge is 2.15. The van der Waals surface area contributed by atoms with Gasteiger partial charge in [0.15, 0.2) is 11.6 Å². The van der Waals surface area contributed by atoms with E-state index in [2.05, 4.69) is 15.4 Å². The van der Waals surface area contributed by atoms with Gasteiger partial charge in [-0.2, -0.15) is 5.10 Å². The number of nitrogens with one attached hydrogen (secondary N) is 1. The second-order valence-electron chi connectivity index (χ2n) is 4.63. The zero-order valence-electron chi connectivity index (χ0n) is 12.3. The van der Waals surface area contributed by atoms with E-state index in [4.69, 9.17) is 0 Å². The molecule has 0 radical (unpaired) electrons. The van der Waals surface area contributed by atoms with Crippen molar-refractivity contribution in [2.75, 3.05) is 6.54 Å². The average Bonchev–Trinajstić information content (AvgIpc) is 2.89. The highest BCUT2D eigenvalue weighted by atomic mass is 19.1. The van der Waals surface area contributed by atoms with Crippen LogP contribution in [0.3, 0.4) is 0 Å². The van der Waals surface area contributed by atoms with Gasteiger partial charge in [-0.05, 0) is 31.5 Å². The fourth-order valence-corrected chi connectivity index (χ4v) is 2.10. The van der Waals surface area contributed by atoms with Crippen LogP contribution >= 0.6 is 0 Å². The Hall–Kier alpha value is -1.75. The van der Waals surface area contributed by atoms with Crippen molar-refractivity contribution >= 4 is 0 Å². The first-order chi connectivity index (χ1) is 9.71. The molecule has 0 fully saturated rings. The summed E-state index contributed by atoms with van der Waals surface area (Å²) in [7, 11) is 0. The second-order valence-corrected chi connectivity index (χ2v) is 4.63. The molecule has 0 aromatic carbocycles. The molecule has 2 aromatic rings. The lowest BCUT2D eigenvalue weighted by Gasteiger charge is -2.09. The minimum Gasteiger partial charge on any atom is -0.313 e. The van der Waals surface area contributed by atoms with Crippen LogP contribution in [0, 0.1) is 5.82 Å². The quantitative estimate of drug-likeness (QED) is 0.882. The Morgan fingerprint density at radius 1 is 1.25 bits per heavy atom. The SMILES string of the molecule is CCNCc1ccnc(-n2nc(CC)cc2CC)c1F. The summed E-state index contributed by atoms with van der Waals surface area (Å²) in [5.41, 5.74) is 2.56. The lowest BCUT2D eigenvalue weighted by Crippen LogP contribution is -2.15. The topological polar surface area (TPSA) is 42.7 Å². The van der Waals surface area contributed by atoms with Crippen molar-refractivity contribution in [1.82, 2.24) is 20.1 Å². The summed E-state index contributed by atoms with van der Waals surface area (Å²) in [5.74, 6) is -0.00847. The highest BCUT2D eigenvalue weighted by Crippen LogP contribution is 2.18. The van der Waals surface area contributed by atoms with Crippen molar-refractivity contribution in [3.05, 3.63) is 41.1 Å². The highest BCUT2D eigenvalue weighted by molar-refractivity contribution is 5.32. The summed E-state index contributed by atoms with van der Waals surface area (Å²) in [4.78, 5) is 4.17. The van der Waals surface area contributed by atoms with Gasteiger partial charge < -0.3 is 5.32 Å². The van der Waals surface area contributed by atoms with E-state index in [1.165, 1.54) is 0 Å². The number of hydrogen-bond donors (Lipinski definition) is 1. The maximum atomic E-state index is 14.5. The van der Waals surface area contributed by atoms with Gasteiger partial charge >= 0.3 is 0 Å². The summed E-state index contributed by atoms with van der Waals surface area (Å²) in [5, 5.41) is 7.58. The first kappa shape index (κ1) is 14.7. The Morgan fingerprint density at radius 2 is 2.05 bits per heavy atom. The van der Waals surface area contributed by atoms with Gasteiger partial charge in [-0.25, -0.2) is 14.1 Å². The number of rotatable bonds is 6. The van der Waals surface area contributed by atoms with E-state index in [1.54, 1.807) is 16.9 Å². The minimum atomic E-state index is -0.297. The lowest BCUT2D eigenvalue weighted by molar-refractivity contribution is 0.567. The van der Waals surface area contributed by atoms with E-state index in [0.717, 1.165) is 30.8 Å². The minimum absolute atomic E-state index is 0.289. The molecule has 2 rings (SSSR count). The molecular formula is C15H21FN4. The molecule has 2 aromatic heterocycles. The zero-order chi connectivity index (χ0) is 14.5. The van der Waals surface area contributed by atoms with E-state index in [-0.39, 0.29) is 11.6 Å². The van der Waals surface area contributed by atoms with Gasteiger partial charge in [-0.15, -0.1) is 0 Å². The summed E-state index contributed by atoms with van der Waals surface area (Å²) in [6.07, 6.45) is 3.27. The van der Waals surface area contributed by atoms with Gasteiger partial charge in [-0.3, -0.25) is 0 Å². The monoisotopic (exact) mass is 276 g/mol. The Balaban J connectivity index is 2.44. The maximum Gasteiger partial charge on any atom is 0.190 e. The molecule has 0 aliphatic carbocycles. The molecule has 0 saturated heterocycles. The molecule has 0 atom stereocenters. The van der Waals surface area contributed by atoms with Crippen molar-refractivity contribution in [2.24, 2.45) is 0 Å². The van der Waals surface area contributed by atoms with Gasteiger partial charge in [0.25, 0.3) is 0 Å². The number of halogens is 1. The summed E-state index contributed by atoms with van der Waals surface area (Å²) < 4.78 is 16.2. The molecule has 0 spiro atoms. The van der Waals surface area contributed by atoms with Crippen LogP contribution in [0.25, 0.3) is 5.82 Å². The third-order valence-corrected chi connectivity index (χ3v) is 3.28. The van der Waals surface area contributed by atoms with Crippen LogP contribution in [-0.4, -0.2) is 21.3 Å². The maximum absolute atomic E-state index is 14.5. The van der Waals surface area contributed by atoms with Crippen molar-refractivity contribution in [3.63, 3.8) is 0 Å². The predicted molar refractivity (Wildman–Crippen MR) is 77.5 cm³/mol. The number of hydrogen-bond acceptors (Lipinski definition) is 3. The summed E-state index contributed by atoms with van der Waals surface area (Å²) in [6.45, 7) is 7.38. The van der Waals surface area contributed by atoms with Crippen molar-refractivity contribution in [1.29, 1.82) is 0 Å². The Morgan fingerprint density at radius 3 is 2.70 bits per heavy atom. The average molecular weight is 276 g/mol. The third kappa shape index (κ3) is 2.88. The van der Waals surface area contributed by atoms with Crippen LogP contribution in [0.5, 0.6) is 0 Å². The number of aryl methyl sites for hydroxylation is 2. The van der Waals surface area contributed by atoms with Gasteiger partial charge in [0.05, 0.1) is 5.69 Å². The molecule has 20 heavy (non-hydrogen) atoms. The Kier molecular flexibility index (Phi) is 4.84. The van der Waals surface area contributed by atoms with Crippen LogP contribution in [-0.2, 0) is 19.4 Å². The summed E-state index contributed by atoms with van der Waals surface area (Å²) in [6, 6.07) is 3.72. The van der Waals surface area contributed by atoms with E-state index in [0.29, 0.717) is 12.1 Å². The predicted octanol–water partition coefficient (Wildman–Crippen LogP) is 2.64. The van der Waals surface area contributed by atoms with Gasteiger partial charge in [0, 0.05) is 24.0 Å². The molecule has 108 valence electrons. The molecule has 0 saturated carbocycles. The number of aromatic nitrogens is 3. The van der Waals surface area contributed by atoms with Crippen molar-refractivity contribution < 1.29 is 4.39 Å². The molecule has 0 unspecified atom stereocenters. The molecule has 4 nitrogen and oxygen atoms in total. The van der Waals surface area contributed by atoms with E-state index in [9.17, 15) is 4.39 Å². The fourth-order valence-electron chi connectivity index (χ4n) is 2.10. The van der Waals surface area contributed by atoms with Gasteiger partial charge in [0.2, 0.25) is 0 Å². The molecule has 2 heterocycles. The van der Waals surface area contributed by atoms with E-state index in [1.807, 2.05) is 26.8 Å². The molecule has 0 aliphatic heterocycles. The first-order valence-electron chi connectivity index (χ1n) is 7.13. The Labute approximate surface area is 119 Å². The standard InChI is InChI=1S/C15H21FN4/c1-4-12-9-13(5-2)20(19-12)15-14(16)11(7-8-18-15)10-17-6-3/h7-9,17H,4-6,10H2,1-3H3. The van der Waals surface area contributed by atoms with Crippen molar-refractivity contribution in [3.8, 4) is 5.82 Å². The van der Waals surface area contributed by atoms with E-state index < -0.39 is 0 Å². The van der Waals surface area contributed by atoms with Crippen LogP contribution in [0.1, 0.15) is 37.7 Å². The van der Waals surface area contributed by atoms with Crippen LogP contribution < -0.4 is 5.32 Å². The molecule has 0 amide bonds. The lowest BCUT2D eigenvalue weighted by atomic mass is 10.2. The van der Waals surface area contributed by atoms with Gasteiger partial charge in [-0.1, -0.05) is 20.8 Å². The van der Waals surface area contributed by atoms with E-state index >= 15 is 0 Å². The fraction of sp³-hybridized carbons (Fsp3) is 0.467. The largest absolute Gasteiger partial charge is 0.313 e. The van der Waals surface area contributed by atoms with Crippen LogP contribution in [0.4, 0.5) is 4.39 Å². The zero-order valence-corrected chi connectivity index (χ0v) is 12.3. The second kappa shape index (κ2) is 6.61. The van der Waals surface area contributed by atoms with Crippen LogP contribution in [0.2, 0.25) is 0 Å². The molecular weight excluding hydrogens is 255 g/mol. The van der Waals surface area contributed by atoms with Crippen LogP contribution in [0.15, 0.2) is 18.3 Å². The Bertz CT molecular complexity index is 577. The third-order valence-electron chi connectivity index (χ3n) is 3.28. The number of nitrogens with zero attached hydrogens (tertiary/aromatic N) is 3. The molecule has 1 N–H and O–H groups in total. The number of pyridine rings is 1. The molecule has 0 bridgehead atoms. The van der Waals surface area contributed by atoms with Crippen molar-refractivity contribution in [2.45, 2.75) is 40.2 Å². The smallest absolute Gasteiger partial charge is 0.190 e.